The molecule has 4 rings (SSSR count). The largest absolute Gasteiger partial charge is 0.494 e. The van der Waals surface area contributed by atoms with E-state index in [0.717, 1.165) is 63.1 Å². The van der Waals surface area contributed by atoms with Gasteiger partial charge in [0, 0.05) is 6.54 Å². The van der Waals surface area contributed by atoms with Gasteiger partial charge in [0.05, 0.1) is 23.8 Å². The van der Waals surface area contributed by atoms with Crippen LogP contribution in [0.25, 0.3) is 0 Å². The Hall–Kier alpha value is -2.35. The standard InChI is InChI=1S/C27H34N2O2/c28-21-22-11-13-26(14-12-22)31-20-6-17-29-18-15-25(16-19-29)27(30,24-9-4-5-10-24)23-7-2-1-3-8-23/h1-3,7-8,11-14,24-25,30H,4-6,9-10,15-20H2/t27-/m1/s1. The van der Waals surface area contributed by atoms with Gasteiger partial charge >= 0.3 is 0 Å². The first-order valence-corrected chi connectivity index (χ1v) is 11.8. The number of hydrogen-bond donors (Lipinski definition) is 1. The van der Waals surface area contributed by atoms with E-state index in [1.807, 2.05) is 18.2 Å². The molecule has 0 unspecified atom stereocenters. The fourth-order valence-electron chi connectivity index (χ4n) is 5.58. The third kappa shape index (κ3) is 5.11. The molecule has 4 nitrogen and oxygen atoms in total. The highest BCUT2D eigenvalue weighted by Gasteiger charge is 2.46. The Morgan fingerprint density at radius 2 is 1.58 bits per heavy atom. The number of ether oxygens (including phenoxy) is 1. The number of aliphatic hydroxyl groups is 1. The van der Waals surface area contributed by atoms with Crippen LogP contribution in [0.5, 0.6) is 5.75 Å². The summed E-state index contributed by atoms with van der Waals surface area (Å²) in [5, 5.41) is 20.9. The van der Waals surface area contributed by atoms with Gasteiger partial charge in [-0.2, -0.15) is 5.26 Å². The molecule has 2 aliphatic rings. The molecule has 1 aliphatic heterocycles. The minimum atomic E-state index is -0.678. The molecule has 2 aromatic carbocycles. The lowest BCUT2D eigenvalue weighted by molar-refractivity contribution is -0.0934. The van der Waals surface area contributed by atoms with Crippen LogP contribution in [0.4, 0.5) is 0 Å². The van der Waals surface area contributed by atoms with Gasteiger partial charge in [-0.3, -0.25) is 0 Å². The maximum atomic E-state index is 12.0. The predicted octanol–water partition coefficient (Wildman–Crippen LogP) is 5.12. The molecular formula is C27H34N2O2. The number of nitriles is 1. The van der Waals surface area contributed by atoms with Crippen molar-refractivity contribution in [3.8, 4) is 11.8 Å². The molecule has 0 aromatic heterocycles. The second kappa shape index (κ2) is 10.3. The highest BCUT2D eigenvalue weighted by molar-refractivity contribution is 5.34. The quantitative estimate of drug-likeness (QED) is 0.605. The molecular weight excluding hydrogens is 384 g/mol. The summed E-state index contributed by atoms with van der Waals surface area (Å²) < 4.78 is 5.82. The minimum Gasteiger partial charge on any atom is -0.494 e. The highest BCUT2D eigenvalue weighted by Crippen LogP contribution is 2.48. The van der Waals surface area contributed by atoms with Crippen molar-refractivity contribution >= 4 is 0 Å². The van der Waals surface area contributed by atoms with E-state index in [9.17, 15) is 5.11 Å². The molecule has 0 spiro atoms. The monoisotopic (exact) mass is 418 g/mol. The summed E-state index contributed by atoms with van der Waals surface area (Å²) in [6, 6.07) is 19.9. The van der Waals surface area contributed by atoms with E-state index in [0.29, 0.717) is 24.0 Å². The average Bonchev–Trinajstić information content (AvgIpc) is 3.38. The topological polar surface area (TPSA) is 56.5 Å². The number of benzene rings is 2. The van der Waals surface area contributed by atoms with Crippen LogP contribution in [0.1, 0.15) is 56.1 Å². The van der Waals surface area contributed by atoms with Crippen LogP contribution in [0, 0.1) is 23.2 Å². The zero-order chi connectivity index (χ0) is 21.5. The SMILES string of the molecule is N#Cc1ccc(OCCCN2CCC([C@@](O)(c3ccccc3)C3CCCC3)CC2)cc1. The Bertz CT molecular complexity index is 847. The zero-order valence-corrected chi connectivity index (χ0v) is 18.4. The van der Waals surface area contributed by atoms with Gasteiger partial charge in [-0.15, -0.1) is 0 Å². The van der Waals surface area contributed by atoms with Gasteiger partial charge in [0.25, 0.3) is 0 Å². The lowest BCUT2D eigenvalue weighted by atomic mass is 9.68. The van der Waals surface area contributed by atoms with Gasteiger partial charge in [-0.1, -0.05) is 43.2 Å². The summed E-state index contributed by atoms with van der Waals surface area (Å²) in [6.45, 7) is 3.80. The van der Waals surface area contributed by atoms with Gasteiger partial charge in [0.2, 0.25) is 0 Å². The van der Waals surface area contributed by atoms with Crippen LogP contribution in [0.3, 0.4) is 0 Å². The van der Waals surface area contributed by atoms with Crippen molar-refractivity contribution in [1.82, 2.24) is 4.90 Å². The van der Waals surface area contributed by atoms with E-state index >= 15 is 0 Å². The van der Waals surface area contributed by atoms with E-state index < -0.39 is 5.60 Å². The Kier molecular flexibility index (Phi) is 7.27. The van der Waals surface area contributed by atoms with Crippen LogP contribution in [-0.2, 0) is 5.60 Å². The van der Waals surface area contributed by atoms with Crippen molar-refractivity contribution < 1.29 is 9.84 Å². The maximum Gasteiger partial charge on any atom is 0.119 e. The molecule has 1 heterocycles. The van der Waals surface area contributed by atoms with Crippen LogP contribution in [-0.4, -0.2) is 36.2 Å². The minimum absolute atomic E-state index is 0.337. The summed E-state index contributed by atoms with van der Waals surface area (Å²) >= 11 is 0. The summed E-state index contributed by atoms with van der Waals surface area (Å²) in [7, 11) is 0. The van der Waals surface area contributed by atoms with E-state index in [1.54, 1.807) is 12.1 Å². The molecule has 31 heavy (non-hydrogen) atoms. The molecule has 0 radical (unpaired) electrons. The van der Waals surface area contributed by atoms with E-state index in [-0.39, 0.29) is 0 Å². The molecule has 1 N–H and O–H groups in total. The molecule has 0 bridgehead atoms. The Morgan fingerprint density at radius 1 is 0.935 bits per heavy atom. The fraction of sp³-hybridized carbons (Fsp3) is 0.519. The van der Waals surface area contributed by atoms with Crippen LogP contribution in [0.15, 0.2) is 54.6 Å². The van der Waals surface area contributed by atoms with Gasteiger partial charge in [-0.25, -0.2) is 0 Å². The molecule has 2 aromatic rings. The maximum absolute atomic E-state index is 12.0. The Balaban J connectivity index is 1.27. The van der Waals surface area contributed by atoms with Gasteiger partial charge < -0.3 is 14.7 Å². The molecule has 1 saturated carbocycles. The number of piperidine rings is 1. The van der Waals surface area contributed by atoms with Crippen molar-refractivity contribution in [2.75, 3.05) is 26.2 Å². The first kappa shape index (κ1) is 21.9. The van der Waals surface area contributed by atoms with Crippen LogP contribution in [0.2, 0.25) is 0 Å². The number of hydrogen-bond acceptors (Lipinski definition) is 4. The number of nitrogens with zero attached hydrogens (tertiary/aromatic N) is 2. The summed E-state index contributed by atoms with van der Waals surface area (Å²) in [6.07, 6.45) is 7.89. The van der Waals surface area contributed by atoms with Crippen molar-refractivity contribution in [3.05, 3.63) is 65.7 Å². The van der Waals surface area contributed by atoms with Crippen LogP contribution < -0.4 is 4.74 Å². The van der Waals surface area contributed by atoms with E-state index in [2.05, 4.69) is 35.2 Å². The molecule has 164 valence electrons. The smallest absolute Gasteiger partial charge is 0.119 e. The molecule has 2 fully saturated rings. The van der Waals surface area contributed by atoms with Gasteiger partial charge in [0.15, 0.2) is 0 Å². The number of likely N-dealkylation sites (tertiary alicyclic amines) is 1. The summed E-state index contributed by atoms with van der Waals surface area (Å²) in [5.41, 5.74) is 1.10. The normalized spacial score (nSPS) is 20.3. The Morgan fingerprint density at radius 3 is 2.23 bits per heavy atom. The van der Waals surface area contributed by atoms with E-state index in [1.165, 1.54) is 12.8 Å². The second-order valence-corrected chi connectivity index (χ2v) is 9.13. The summed E-state index contributed by atoms with van der Waals surface area (Å²) in [4.78, 5) is 2.51. The highest BCUT2D eigenvalue weighted by atomic mass is 16.5. The lowest BCUT2D eigenvalue weighted by Crippen LogP contribution is -2.47. The van der Waals surface area contributed by atoms with Crippen molar-refractivity contribution in [1.29, 1.82) is 5.26 Å². The summed E-state index contributed by atoms with van der Waals surface area (Å²) in [5.74, 6) is 1.55. The molecule has 1 saturated heterocycles. The zero-order valence-electron chi connectivity index (χ0n) is 18.4. The third-order valence-electron chi connectivity index (χ3n) is 7.29. The lowest BCUT2D eigenvalue weighted by Gasteiger charge is -2.45. The first-order valence-electron chi connectivity index (χ1n) is 11.8. The molecule has 4 heteroatoms. The van der Waals surface area contributed by atoms with Crippen molar-refractivity contribution in [2.45, 2.75) is 50.5 Å². The predicted molar refractivity (Wildman–Crippen MR) is 123 cm³/mol. The van der Waals surface area contributed by atoms with Crippen molar-refractivity contribution in [2.24, 2.45) is 11.8 Å². The molecule has 1 atom stereocenters. The number of rotatable bonds is 8. The van der Waals surface area contributed by atoms with Crippen molar-refractivity contribution in [3.63, 3.8) is 0 Å². The average molecular weight is 419 g/mol. The first-order chi connectivity index (χ1) is 15.2. The second-order valence-electron chi connectivity index (χ2n) is 9.13. The van der Waals surface area contributed by atoms with Gasteiger partial charge in [-0.05, 0) is 86.9 Å². The van der Waals surface area contributed by atoms with Gasteiger partial charge in [0.1, 0.15) is 5.75 Å². The third-order valence-corrected chi connectivity index (χ3v) is 7.29. The van der Waals surface area contributed by atoms with Crippen LogP contribution >= 0.6 is 0 Å². The fourth-order valence-corrected chi connectivity index (χ4v) is 5.58. The molecule has 0 amide bonds. The van der Waals surface area contributed by atoms with E-state index in [4.69, 9.17) is 10.00 Å². The Labute approximate surface area is 186 Å². The molecule has 1 aliphatic carbocycles.